The van der Waals surface area contributed by atoms with Crippen LogP contribution in [-0.2, 0) is 4.79 Å². The first-order valence-electron chi connectivity index (χ1n) is 6.92. The van der Waals surface area contributed by atoms with E-state index in [0.29, 0.717) is 16.3 Å². The molecule has 0 saturated carbocycles. The third-order valence-electron chi connectivity index (χ3n) is 3.49. The topological polar surface area (TPSA) is 49.8 Å². The lowest BCUT2D eigenvalue weighted by Crippen LogP contribution is -2.38. The van der Waals surface area contributed by atoms with Gasteiger partial charge in [-0.25, -0.2) is 0 Å². The zero-order chi connectivity index (χ0) is 14.7. The van der Waals surface area contributed by atoms with Crippen LogP contribution in [-0.4, -0.2) is 35.1 Å². The van der Waals surface area contributed by atoms with Crippen LogP contribution in [0.15, 0.2) is 18.2 Å². The van der Waals surface area contributed by atoms with Crippen molar-refractivity contribution in [3.63, 3.8) is 0 Å². The maximum absolute atomic E-state index is 12.2. The molecule has 0 spiro atoms. The highest BCUT2D eigenvalue weighted by Gasteiger charge is 2.25. The summed E-state index contributed by atoms with van der Waals surface area (Å²) >= 11 is 5.92. The molecule has 0 bridgehead atoms. The Balaban J connectivity index is 2.10. The molecular weight excluding hydrogens is 278 g/mol. The molecule has 0 radical (unpaired) electrons. The van der Waals surface area contributed by atoms with Crippen molar-refractivity contribution in [2.75, 3.05) is 13.1 Å². The molecular formula is C15H20ClNO3. The highest BCUT2D eigenvalue weighted by atomic mass is 35.5. The molecule has 5 heteroatoms. The summed E-state index contributed by atoms with van der Waals surface area (Å²) in [5.41, 5.74) is 0.596. The van der Waals surface area contributed by atoms with E-state index in [2.05, 4.69) is 0 Å². The van der Waals surface area contributed by atoms with Crippen molar-refractivity contribution in [1.29, 1.82) is 0 Å². The monoisotopic (exact) mass is 297 g/mol. The largest absolute Gasteiger partial charge is 0.481 e. The second kappa shape index (κ2) is 6.46. The maximum atomic E-state index is 12.2. The molecule has 1 N–H and O–H groups in total. The average molecular weight is 298 g/mol. The summed E-state index contributed by atoms with van der Waals surface area (Å²) in [6.07, 6.45) is 0.848. The van der Waals surface area contributed by atoms with Crippen LogP contribution in [0.1, 0.15) is 38.4 Å². The Labute approximate surface area is 124 Å². The minimum atomic E-state index is -0.696. The maximum Gasteiger partial charge on any atom is 0.263 e. The van der Waals surface area contributed by atoms with Gasteiger partial charge in [0, 0.05) is 23.7 Å². The van der Waals surface area contributed by atoms with Gasteiger partial charge in [-0.3, -0.25) is 4.79 Å². The van der Waals surface area contributed by atoms with E-state index in [1.54, 1.807) is 32.0 Å². The van der Waals surface area contributed by atoms with E-state index < -0.39 is 12.2 Å². The van der Waals surface area contributed by atoms with Gasteiger partial charge in [-0.05, 0) is 44.9 Å². The Morgan fingerprint density at radius 2 is 2.00 bits per heavy atom. The molecule has 2 rings (SSSR count). The molecule has 1 aliphatic rings. The number of hydrogen-bond donors (Lipinski definition) is 1. The van der Waals surface area contributed by atoms with Crippen molar-refractivity contribution < 1.29 is 14.6 Å². The minimum absolute atomic E-state index is 0.00556. The third-order valence-corrected chi connectivity index (χ3v) is 3.73. The van der Waals surface area contributed by atoms with E-state index >= 15 is 0 Å². The number of amides is 1. The molecule has 0 aliphatic carbocycles. The van der Waals surface area contributed by atoms with Gasteiger partial charge in [0.15, 0.2) is 6.10 Å². The number of likely N-dealkylation sites (tertiary alicyclic amines) is 1. The molecule has 110 valence electrons. The molecule has 2 atom stereocenters. The van der Waals surface area contributed by atoms with Gasteiger partial charge in [-0.2, -0.15) is 0 Å². The van der Waals surface area contributed by atoms with E-state index in [-0.39, 0.29) is 5.91 Å². The fourth-order valence-electron chi connectivity index (χ4n) is 2.39. The van der Waals surface area contributed by atoms with Crippen molar-refractivity contribution in [3.05, 3.63) is 28.8 Å². The van der Waals surface area contributed by atoms with Gasteiger partial charge in [-0.1, -0.05) is 11.6 Å². The van der Waals surface area contributed by atoms with Gasteiger partial charge in [0.1, 0.15) is 5.75 Å². The number of benzene rings is 1. The lowest BCUT2D eigenvalue weighted by molar-refractivity contribution is -0.136. The third kappa shape index (κ3) is 3.44. The number of aliphatic hydroxyl groups is 1. The first-order chi connectivity index (χ1) is 9.49. The second-order valence-electron chi connectivity index (χ2n) is 5.15. The molecule has 2 unspecified atom stereocenters. The number of carbonyl (C=O) groups is 1. The molecule has 1 fully saturated rings. The lowest BCUT2D eigenvalue weighted by atomic mass is 10.1. The van der Waals surface area contributed by atoms with E-state index in [1.165, 1.54) is 0 Å². The van der Waals surface area contributed by atoms with E-state index in [4.69, 9.17) is 16.3 Å². The Morgan fingerprint density at radius 1 is 1.35 bits per heavy atom. The quantitative estimate of drug-likeness (QED) is 0.930. The van der Waals surface area contributed by atoms with Crippen LogP contribution in [0.3, 0.4) is 0 Å². The summed E-state index contributed by atoms with van der Waals surface area (Å²) in [5.74, 6) is 0.499. The average Bonchev–Trinajstić information content (AvgIpc) is 2.93. The Morgan fingerprint density at radius 3 is 2.60 bits per heavy atom. The fraction of sp³-hybridized carbons (Fsp3) is 0.533. The summed E-state index contributed by atoms with van der Waals surface area (Å²) in [6, 6.07) is 5.04. The van der Waals surface area contributed by atoms with E-state index in [0.717, 1.165) is 25.9 Å². The smallest absolute Gasteiger partial charge is 0.263 e. The molecule has 1 amide bonds. The summed E-state index contributed by atoms with van der Waals surface area (Å²) in [6.45, 7) is 4.99. The summed E-state index contributed by atoms with van der Waals surface area (Å²) in [4.78, 5) is 14.0. The molecule has 1 aliphatic heterocycles. The van der Waals surface area contributed by atoms with Gasteiger partial charge < -0.3 is 14.7 Å². The van der Waals surface area contributed by atoms with Crippen LogP contribution in [0.2, 0.25) is 5.02 Å². The minimum Gasteiger partial charge on any atom is -0.481 e. The van der Waals surface area contributed by atoms with Crippen LogP contribution < -0.4 is 4.74 Å². The Bertz CT molecular complexity index is 484. The highest BCUT2D eigenvalue weighted by Crippen LogP contribution is 2.29. The van der Waals surface area contributed by atoms with Gasteiger partial charge in [0.25, 0.3) is 5.91 Å². The van der Waals surface area contributed by atoms with Crippen molar-refractivity contribution >= 4 is 17.5 Å². The zero-order valence-corrected chi connectivity index (χ0v) is 12.6. The number of halogens is 1. The summed E-state index contributed by atoms with van der Waals surface area (Å²) < 4.78 is 5.73. The molecule has 1 heterocycles. The highest BCUT2D eigenvalue weighted by molar-refractivity contribution is 6.30. The molecule has 1 saturated heterocycles. The van der Waals surface area contributed by atoms with Crippen molar-refractivity contribution in [1.82, 2.24) is 4.90 Å². The van der Waals surface area contributed by atoms with Crippen LogP contribution in [0.5, 0.6) is 5.75 Å². The SMILES string of the molecule is CC(Oc1ccc(Cl)cc1C(C)O)C(=O)N1CCCC1. The Hall–Kier alpha value is -1.26. The standard InChI is InChI=1S/C15H20ClNO3/c1-10(18)13-9-12(16)5-6-14(13)20-11(2)15(19)17-7-3-4-8-17/h5-6,9-11,18H,3-4,7-8H2,1-2H3. The van der Waals surface area contributed by atoms with Gasteiger partial charge in [0.05, 0.1) is 6.10 Å². The van der Waals surface area contributed by atoms with Gasteiger partial charge in [0.2, 0.25) is 0 Å². The molecule has 1 aromatic rings. The molecule has 20 heavy (non-hydrogen) atoms. The van der Waals surface area contributed by atoms with Crippen LogP contribution in [0.4, 0.5) is 0 Å². The van der Waals surface area contributed by atoms with Gasteiger partial charge in [-0.15, -0.1) is 0 Å². The second-order valence-corrected chi connectivity index (χ2v) is 5.59. The number of ether oxygens (including phenoxy) is 1. The number of aliphatic hydroxyl groups excluding tert-OH is 1. The van der Waals surface area contributed by atoms with Crippen LogP contribution >= 0.6 is 11.6 Å². The predicted molar refractivity (Wildman–Crippen MR) is 78.0 cm³/mol. The van der Waals surface area contributed by atoms with Gasteiger partial charge >= 0.3 is 0 Å². The number of rotatable bonds is 4. The van der Waals surface area contributed by atoms with E-state index in [1.807, 2.05) is 4.90 Å². The summed E-state index contributed by atoms with van der Waals surface area (Å²) in [7, 11) is 0. The molecule has 4 nitrogen and oxygen atoms in total. The number of carbonyl (C=O) groups excluding carboxylic acids is 1. The first-order valence-corrected chi connectivity index (χ1v) is 7.30. The number of hydrogen-bond acceptors (Lipinski definition) is 3. The van der Waals surface area contributed by atoms with E-state index in [9.17, 15) is 9.90 Å². The Kier molecular flexibility index (Phi) is 4.89. The molecule has 1 aromatic carbocycles. The predicted octanol–water partition coefficient (Wildman–Crippen LogP) is 2.78. The zero-order valence-electron chi connectivity index (χ0n) is 11.8. The lowest BCUT2D eigenvalue weighted by Gasteiger charge is -2.23. The molecule has 0 aromatic heterocycles. The van der Waals surface area contributed by atoms with Crippen molar-refractivity contribution in [3.8, 4) is 5.75 Å². The first kappa shape index (κ1) is 15.1. The number of nitrogens with zero attached hydrogens (tertiary/aromatic N) is 1. The van der Waals surface area contributed by atoms with Crippen LogP contribution in [0, 0.1) is 0 Å². The summed E-state index contributed by atoms with van der Waals surface area (Å²) in [5, 5.41) is 10.3. The van der Waals surface area contributed by atoms with Crippen molar-refractivity contribution in [2.24, 2.45) is 0 Å². The van der Waals surface area contributed by atoms with Crippen molar-refractivity contribution in [2.45, 2.75) is 38.9 Å². The normalized spacial score (nSPS) is 17.9. The fourth-order valence-corrected chi connectivity index (χ4v) is 2.57. The van der Waals surface area contributed by atoms with Crippen LogP contribution in [0.25, 0.3) is 0 Å².